The van der Waals surface area contributed by atoms with Crippen LogP contribution in [0, 0.1) is 0 Å². The lowest BCUT2D eigenvalue weighted by atomic mass is 9.94. The molecule has 1 unspecified atom stereocenters. The van der Waals surface area contributed by atoms with Gasteiger partial charge in [-0.1, -0.05) is 6.07 Å². The fourth-order valence-electron chi connectivity index (χ4n) is 2.05. The summed E-state index contributed by atoms with van der Waals surface area (Å²) in [5.74, 6) is 0.174. The summed E-state index contributed by atoms with van der Waals surface area (Å²) >= 11 is 1.65. The van der Waals surface area contributed by atoms with Crippen LogP contribution in [0.25, 0.3) is 0 Å². The number of rotatable bonds is 2. The number of nitrogens with one attached hydrogen (secondary N) is 1. The average molecular weight is 264 g/mol. The van der Waals surface area contributed by atoms with Crippen molar-refractivity contribution in [2.45, 2.75) is 36.5 Å². The molecule has 1 aliphatic heterocycles. The van der Waals surface area contributed by atoms with Gasteiger partial charge >= 0.3 is 0 Å². The Bertz CT molecular complexity index is 485. The number of hydrogen-bond donors (Lipinski definition) is 1. The summed E-state index contributed by atoms with van der Waals surface area (Å²) in [6, 6.07) is 6.33. The molecule has 0 fully saturated rings. The summed E-state index contributed by atoms with van der Waals surface area (Å²) in [7, 11) is 3.81. The minimum Gasteiger partial charge on any atom is -0.313 e. The molecule has 0 aliphatic carbocycles. The number of anilines is 1. The third-order valence-electron chi connectivity index (χ3n) is 3.65. The van der Waals surface area contributed by atoms with E-state index < -0.39 is 0 Å². The second kappa shape index (κ2) is 4.59. The molecular weight excluding hydrogens is 244 g/mol. The molecule has 0 bridgehead atoms. The van der Waals surface area contributed by atoms with Crippen LogP contribution in [0.4, 0.5) is 5.69 Å². The predicted molar refractivity (Wildman–Crippen MR) is 77.3 cm³/mol. The first-order valence-corrected chi connectivity index (χ1v) is 7.02. The van der Waals surface area contributed by atoms with Gasteiger partial charge in [0.05, 0.1) is 10.9 Å². The second-order valence-electron chi connectivity index (χ2n) is 5.21. The highest BCUT2D eigenvalue weighted by molar-refractivity contribution is 8.01. The van der Waals surface area contributed by atoms with Crippen LogP contribution in [-0.2, 0) is 10.3 Å². The molecule has 2 rings (SSSR count). The van der Waals surface area contributed by atoms with E-state index in [4.69, 9.17) is 0 Å². The number of benzene rings is 1. The summed E-state index contributed by atoms with van der Waals surface area (Å²) < 4.78 is 0. The lowest BCUT2D eigenvalue weighted by Crippen LogP contribution is -2.37. The number of nitrogens with zero attached hydrogens (tertiary/aromatic N) is 1. The van der Waals surface area contributed by atoms with Crippen molar-refractivity contribution in [1.82, 2.24) is 5.32 Å². The van der Waals surface area contributed by atoms with Gasteiger partial charge in [0, 0.05) is 17.5 Å². The van der Waals surface area contributed by atoms with Gasteiger partial charge in [0.25, 0.3) is 0 Å². The van der Waals surface area contributed by atoms with Crippen LogP contribution in [0.5, 0.6) is 0 Å². The number of amides is 1. The van der Waals surface area contributed by atoms with Crippen molar-refractivity contribution < 1.29 is 4.79 Å². The van der Waals surface area contributed by atoms with Crippen molar-refractivity contribution in [1.29, 1.82) is 0 Å². The Morgan fingerprint density at radius 2 is 2.06 bits per heavy atom. The minimum atomic E-state index is -0.0567. The highest BCUT2D eigenvalue weighted by Crippen LogP contribution is 2.40. The summed E-state index contributed by atoms with van der Waals surface area (Å²) in [5.41, 5.74) is 2.20. The Hall–Kier alpha value is -1.00. The lowest BCUT2D eigenvalue weighted by molar-refractivity contribution is -0.117. The molecule has 18 heavy (non-hydrogen) atoms. The SMILES string of the molecule is CNC(C)(C)c1ccc2c(c1)SC(C)C(=O)N2C. The van der Waals surface area contributed by atoms with Crippen LogP contribution in [0.2, 0.25) is 0 Å². The highest BCUT2D eigenvalue weighted by Gasteiger charge is 2.29. The topological polar surface area (TPSA) is 32.3 Å². The Labute approximate surface area is 113 Å². The molecule has 0 saturated heterocycles. The summed E-state index contributed by atoms with van der Waals surface area (Å²) in [4.78, 5) is 14.9. The first kappa shape index (κ1) is 13.4. The van der Waals surface area contributed by atoms with Gasteiger partial charge in [0.1, 0.15) is 0 Å². The smallest absolute Gasteiger partial charge is 0.239 e. The molecule has 4 heteroatoms. The molecule has 1 aromatic carbocycles. The Kier molecular flexibility index (Phi) is 3.43. The quantitative estimate of drug-likeness (QED) is 0.891. The van der Waals surface area contributed by atoms with E-state index in [0.29, 0.717) is 0 Å². The van der Waals surface area contributed by atoms with Gasteiger partial charge in [-0.2, -0.15) is 0 Å². The first-order valence-electron chi connectivity index (χ1n) is 6.14. The fraction of sp³-hybridized carbons (Fsp3) is 0.500. The molecule has 0 spiro atoms. The zero-order chi connectivity index (χ0) is 13.5. The molecule has 1 amide bonds. The molecule has 1 aromatic rings. The summed E-state index contributed by atoms with van der Waals surface area (Å²) in [6.45, 7) is 6.27. The molecule has 1 aliphatic rings. The average Bonchev–Trinajstić information content (AvgIpc) is 2.35. The zero-order valence-electron chi connectivity index (χ0n) is 11.6. The zero-order valence-corrected chi connectivity index (χ0v) is 12.4. The van der Waals surface area contributed by atoms with E-state index in [2.05, 4.69) is 31.3 Å². The van der Waals surface area contributed by atoms with Gasteiger partial charge in [-0.15, -0.1) is 11.8 Å². The molecule has 1 atom stereocenters. The van der Waals surface area contributed by atoms with E-state index in [9.17, 15) is 4.79 Å². The molecule has 1 heterocycles. The van der Waals surface area contributed by atoms with Crippen molar-refractivity contribution in [3.63, 3.8) is 0 Å². The monoisotopic (exact) mass is 264 g/mol. The van der Waals surface area contributed by atoms with E-state index in [1.54, 1.807) is 16.7 Å². The van der Waals surface area contributed by atoms with Crippen molar-refractivity contribution >= 4 is 23.4 Å². The molecule has 3 nitrogen and oxygen atoms in total. The first-order chi connectivity index (χ1) is 8.36. The van der Waals surface area contributed by atoms with E-state index in [-0.39, 0.29) is 16.7 Å². The Balaban J connectivity index is 2.45. The van der Waals surface area contributed by atoms with E-state index in [1.807, 2.05) is 27.1 Å². The van der Waals surface area contributed by atoms with Gasteiger partial charge in [-0.3, -0.25) is 4.79 Å². The molecule has 0 radical (unpaired) electrons. The molecular formula is C14H20N2OS. The second-order valence-corrected chi connectivity index (χ2v) is 6.60. The van der Waals surface area contributed by atoms with Gasteiger partial charge in [0.2, 0.25) is 5.91 Å². The number of hydrogen-bond acceptors (Lipinski definition) is 3. The predicted octanol–water partition coefficient (Wildman–Crippen LogP) is 2.60. The molecule has 1 N–H and O–H groups in total. The van der Waals surface area contributed by atoms with E-state index in [0.717, 1.165) is 5.69 Å². The number of thioether (sulfide) groups is 1. The minimum absolute atomic E-state index is 0.00421. The van der Waals surface area contributed by atoms with Gasteiger partial charge in [-0.25, -0.2) is 0 Å². The van der Waals surface area contributed by atoms with Crippen LogP contribution in [-0.4, -0.2) is 25.3 Å². The van der Waals surface area contributed by atoms with Crippen LogP contribution in [0.3, 0.4) is 0 Å². The molecule has 0 aromatic heterocycles. The molecule has 0 saturated carbocycles. The maximum absolute atomic E-state index is 11.9. The number of carbonyl (C=O) groups excluding carboxylic acids is 1. The van der Waals surface area contributed by atoms with Crippen molar-refractivity contribution in [3.8, 4) is 0 Å². The normalized spacial score (nSPS) is 19.9. The van der Waals surface area contributed by atoms with E-state index >= 15 is 0 Å². The Morgan fingerprint density at radius 1 is 1.39 bits per heavy atom. The van der Waals surface area contributed by atoms with Gasteiger partial charge < -0.3 is 10.2 Å². The lowest BCUT2D eigenvalue weighted by Gasteiger charge is -2.32. The van der Waals surface area contributed by atoms with Crippen LogP contribution < -0.4 is 10.2 Å². The van der Waals surface area contributed by atoms with Crippen molar-refractivity contribution in [2.24, 2.45) is 0 Å². The van der Waals surface area contributed by atoms with Gasteiger partial charge in [-0.05, 0) is 45.5 Å². The number of carbonyl (C=O) groups is 1. The van der Waals surface area contributed by atoms with E-state index in [1.165, 1.54) is 10.5 Å². The fourth-order valence-corrected chi connectivity index (χ4v) is 3.21. The van der Waals surface area contributed by atoms with Crippen LogP contribution in [0.1, 0.15) is 26.3 Å². The summed E-state index contributed by atoms with van der Waals surface area (Å²) in [5, 5.41) is 3.30. The third-order valence-corrected chi connectivity index (χ3v) is 4.79. The maximum atomic E-state index is 11.9. The Morgan fingerprint density at radius 3 is 2.67 bits per heavy atom. The summed E-state index contributed by atoms with van der Waals surface area (Å²) in [6.07, 6.45) is 0. The van der Waals surface area contributed by atoms with Crippen molar-refractivity contribution in [3.05, 3.63) is 23.8 Å². The largest absolute Gasteiger partial charge is 0.313 e. The highest BCUT2D eigenvalue weighted by atomic mass is 32.2. The van der Waals surface area contributed by atoms with Crippen molar-refractivity contribution in [2.75, 3.05) is 19.0 Å². The third kappa shape index (κ3) is 2.15. The number of fused-ring (bicyclic) bond motifs is 1. The maximum Gasteiger partial charge on any atom is 0.239 e. The standard InChI is InChI=1S/C14H20N2OS/c1-9-13(17)16(5)11-7-6-10(8-12(11)18-9)14(2,3)15-4/h6-9,15H,1-5H3. The van der Waals surface area contributed by atoms with Gasteiger partial charge in [0.15, 0.2) is 0 Å². The van der Waals surface area contributed by atoms with Crippen LogP contribution in [0.15, 0.2) is 23.1 Å². The molecule has 98 valence electrons. The van der Waals surface area contributed by atoms with Crippen LogP contribution >= 0.6 is 11.8 Å².